The second kappa shape index (κ2) is 8.74. The lowest BCUT2D eigenvalue weighted by Crippen LogP contribution is -2.48. The van der Waals surface area contributed by atoms with Gasteiger partial charge in [0.25, 0.3) is 0 Å². The summed E-state index contributed by atoms with van der Waals surface area (Å²) in [7, 11) is 0. The summed E-state index contributed by atoms with van der Waals surface area (Å²) in [5.74, 6) is 0.467. The largest absolute Gasteiger partial charge is 0.450 e. The Balaban J connectivity index is 1.86. The summed E-state index contributed by atoms with van der Waals surface area (Å²) in [5.41, 5.74) is 11.0. The molecule has 0 bridgehead atoms. The highest BCUT2D eigenvalue weighted by Crippen LogP contribution is 2.17. The van der Waals surface area contributed by atoms with Crippen LogP contribution in [-0.4, -0.2) is 42.7 Å². The number of nitrogens with one attached hydrogen (secondary N) is 1. The van der Waals surface area contributed by atoms with Gasteiger partial charge in [0, 0.05) is 19.1 Å². The van der Waals surface area contributed by atoms with E-state index in [1.165, 1.54) is 22.3 Å². The van der Waals surface area contributed by atoms with Crippen molar-refractivity contribution in [1.82, 2.24) is 10.2 Å². The molecule has 1 aliphatic rings. The van der Waals surface area contributed by atoms with Crippen LogP contribution in [0.3, 0.4) is 0 Å². The number of likely N-dealkylation sites (tertiary alicyclic amines) is 1. The van der Waals surface area contributed by atoms with Gasteiger partial charge in [0.1, 0.15) is 0 Å². The number of aryl methyl sites for hydroxylation is 3. The number of ether oxygens (including phenoxy) is 1. The van der Waals surface area contributed by atoms with Crippen molar-refractivity contribution in [1.29, 1.82) is 0 Å². The van der Waals surface area contributed by atoms with Gasteiger partial charge < -0.3 is 20.7 Å². The minimum atomic E-state index is -0.229. The van der Waals surface area contributed by atoms with E-state index in [4.69, 9.17) is 10.5 Å². The van der Waals surface area contributed by atoms with Crippen LogP contribution in [0, 0.1) is 20.8 Å². The molecule has 1 aliphatic heterocycles. The zero-order chi connectivity index (χ0) is 18.4. The van der Waals surface area contributed by atoms with Crippen molar-refractivity contribution in [2.45, 2.75) is 53.1 Å². The van der Waals surface area contributed by atoms with E-state index in [1.54, 1.807) is 4.90 Å². The molecule has 0 atom stereocenters. The number of carbonyl (C=O) groups is 1. The molecule has 25 heavy (non-hydrogen) atoms. The van der Waals surface area contributed by atoms with Crippen LogP contribution in [0.1, 0.15) is 42.0 Å². The Labute approximate surface area is 150 Å². The van der Waals surface area contributed by atoms with Crippen LogP contribution < -0.4 is 11.1 Å². The molecule has 0 aromatic heterocycles. The van der Waals surface area contributed by atoms with Gasteiger partial charge in [-0.05, 0) is 57.2 Å². The quantitative estimate of drug-likeness (QED) is 0.649. The number of nitrogens with zero attached hydrogens (tertiary/aromatic N) is 2. The fourth-order valence-electron chi connectivity index (χ4n) is 3.30. The van der Waals surface area contributed by atoms with Crippen LogP contribution in [0.25, 0.3) is 0 Å². The Kier molecular flexibility index (Phi) is 6.67. The number of amides is 1. The van der Waals surface area contributed by atoms with Gasteiger partial charge in [-0.3, -0.25) is 0 Å². The first-order valence-corrected chi connectivity index (χ1v) is 8.95. The molecule has 1 heterocycles. The van der Waals surface area contributed by atoms with E-state index >= 15 is 0 Å². The number of piperidine rings is 1. The monoisotopic (exact) mass is 346 g/mol. The lowest BCUT2D eigenvalue weighted by molar-refractivity contribution is 0.0963. The Morgan fingerprint density at radius 1 is 1.28 bits per heavy atom. The normalized spacial score (nSPS) is 16.0. The Bertz CT molecular complexity index is 611. The topological polar surface area (TPSA) is 80.0 Å². The number of guanidine groups is 1. The SMILES string of the molecule is CCOC(=O)N1CCC(NC(N)=NCc2c(C)cc(C)cc2C)CC1. The van der Waals surface area contributed by atoms with Gasteiger partial charge in [-0.25, -0.2) is 9.79 Å². The molecule has 138 valence electrons. The molecular weight excluding hydrogens is 316 g/mol. The molecule has 3 N–H and O–H groups in total. The van der Waals surface area contributed by atoms with Crippen LogP contribution in [0.5, 0.6) is 0 Å². The highest BCUT2D eigenvalue weighted by molar-refractivity contribution is 5.78. The third-order valence-corrected chi connectivity index (χ3v) is 4.62. The van der Waals surface area contributed by atoms with E-state index in [2.05, 4.69) is 43.2 Å². The van der Waals surface area contributed by atoms with E-state index in [0.717, 1.165) is 12.8 Å². The minimum absolute atomic E-state index is 0.229. The van der Waals surface area contributed by atoms with Crippen LogP contribution in [0.4, 0.5) is 4.79 Å². The average molecular weight is 346 g/mol. The Morgan fingerprint density at radius 2 is 1.88 bits per heavy atom. The molecule has 1 aromatic rings. The zero-order valence-corrected chi connectivity index (χ0v) is 15.8. The maximum Gasteiger partial charge on any atom is 0.409 e. The molecule has 1 fully saturated rings. The molecule has 1 saturated heterocycles. The van der Waals surface area contributed by atoms with Crippen molar-refractivity contribution in [3.63, 3.8) is 0 Å². The van der Waals surface area contributed by atoms with E-state index in [9.17, 15) is 4.79 Å². The molecule has 2 rings (SSSR count). The first-order chi connectivity index (χ1) is 11.9. The summed E-state index contributed by atoms with van der Waals surface area (Å²) in [6, 6.07) is 4.59. The third-order valence-electron chi connectivity index (χ3n) is 4.62. The minimum Gasteiger partial charge on any atom is -0.450 e. The van der Waals surface area contributed by atoms with Crippen molar-refractivity contribution >= 4 is 12.1 Å². The smallest absolute Gasteiger partial charge is 0.409 e. The zero-order valence-electron chi connectivity index (χ0n) is 15.8. The van der Waals surface area contributed by atoms with Crippen LogP contribution in [-0.2, 0) is 11.3 Å². The summed E-state index contributed by atoms with van der Waals surface area (Å²) in [4.78, 5) is 18.0. The molecule has 6 nitrogen and oxygen atoms in total. The van der Waals surface area contributed by atoms with E-state index in [-0.39, 0.29) is 12.1 Å². The molecule has 1 aromatic carbocycles. The first-order valence-electron chi connectivity index (χ1n) is 8.95. The predicted molar refractivity (Wildman–Crippen MR) is 101 cm³/mol. The van der Waals surface area contributed by atoms with E-state index < -0.39 is 0 Å². The molecule has 0 aliphatic carbocycles. The van der Waals surface area contributed by atoms with E-state index in [0.29, 0.717) is 32.2 Å². The number of rotatable bonds is 4. The van der Waals surface area contributed by atoms with Gasteiger partial charge in [-0.2, -0.15) is 0 Å². The van der Waals surface area contributed by atoms with Gasteiger partial charge in [-0.15, -0.1) is 0 Å². The molecule has 6 heteroatoms. The highest BCUT2D eigenvalue weighted by atomic mass is 16.6. The summed E-state index contributed by atoms with van der Waals surface area (Å²) >= 11 is 0. The van der Waals surface area contributed by atoms with Crippen LogP contribution in [0.15, 0.2) is 17.1 Å². The Morgan fingerprint density at radius 3 is 2.44 bits per heavy atom. The van der Waals surface area contributed by atoms with Crippen molar-refractivity contribution in [3.8, 4) is 0 Å². The van der Waals surface area contributed by atoms with Crippen molar-refractivity contribution < 1.29 is 9.53 Å². The first kappa shape index (κ1) is 19.1. The van der Waals surface area contributed by atoms with Crippen molar-refractivity contribution in [2.24, 2.45) is 10.7 Å². The standard InChI is InChI=1S/C19H30N4O2/c1-5-25-19(24)23-8-6-16(7-9-23)22-18(20)21-12-17-14(3)10-13(2)11-15(17)4/h10-11,16H,5-9,12H2,1-4H3,(H3,20,21,22). The second-order valence-corrected chi connectivity index (χ2v) is 6.68. The third kappa shape index (κ3) is 5.37. The second-order valence-electron chi connectivity index (χ2n) is 6.68. The van der Waals surface area contributed by atoms with Crippen molar-refractivity contribution in [2.75, 3.05) is 19.7 Å². The number of carbonyl (C=O) groups excluding carboxylic acids is 1. The van der Waals surface area contributed by atoms with Gasteiger partial charge >= 0.3 is 6.09 Å². The van der Waals surface area contributed by atoms with Gasteiger partial charge in [0.15, 0.2) is 5.96 Å². The number of hydrogen-bond donors (Lipinski definition) is 2. The maximum atomic E-state index is 11.7. The fourth-order valence-corrected chi connectivity index (χ4v) is 3.30. The molecule has 0 unspecified atom stereocenters. The molecule has 0 spiro atoms. The lowest BCUT2D eigenvalue weighted by Gasteiger charge is -2.31. The number of aliphatic imine (C=N–C) groups is 1. The fraction of sp³-hybridized carbons (Fsp3) is 0.579. The van der Waals surface area contributed by atoms with Crippen LogP contribution in [0.2, 0.25) is 0 Å². The van der Waals surface area contributed by atoms with E-state index in [1.807, 2.05) is 6.92 Å². The van der Waals surface area contributed by atoms with Gasteiger partial charge in [0.05, 0.1) is 13.2 Å². The number of hydrogen-bond acceptors (Lipinski definition) is 3. The van der Waals surface area contributed by atoms with Gasteiger partial charge in [-0.1, -0.05) is 17.7 Å². The molecule has 0 saturated carbocycles. The average Bonchev–Trinajstić information content (AvgIpc) is 2.54. The van der Waals surface area contributed by atoms with Crippen LogP contribution >= 0.6 is 0 Å². The summed E-state index contributed by atoms with van der Waals surface area (Å²) in [5, 5.41) is 3.28. The maximum absolute atomic E-state index is 11.7. The molecule has 0 radical (unpaired) electrons. The summed E-state index contributed by atoms with van der Waals surface area (Å²) in [6.45, 7) is 10.5. The summed E-state index contributed by atoms with van der Waals surface area (Å²) < 4.78 is 5.03. The molecule has 1 amide bonds. The lowest BCUT2D eigenvalue weighted by atomic mass is 10.00. The molecular formula is C19H30N4O2. The van der Waals surface area contributed by atoms with Gasteiger partial charge in [0.2, 0.25) is 0 Å². The number of benzene rings is 1. The number of nitrogens with two attached hydrogens (primary N) is 1. The Hall–Kier alpha value is -2.24. The predicted octanol–water partition coefficient (Wildman–Crippen LogP) is 2.64. The van der Waals surface area contributed by atoms with Crippen molar-refractivity contribution in [3.05, 3.63) is 34.4 Å². The highest BCUT2D eigenvalue weighted by Gasteiger charge is 2.23. The summed E-state index contributed by atoms with van der Waals surface area (Å²) in [6.07, 6.45) is 1.46.